The van der Waals surface area contributed by atoms with Crippen LogP contribution in [0.5, 0.6) is 0 Å². The maximum atomic E-state index is 12.6. The molecule has 0 fully saturated rings. The van der Waals surface area contributed by atoms with Crippen molar-refractivity contribution in [2.45, 2.75) is 32.9 Å². The topological polar surface area (TPSA) is 50.2 Å². The van der Waals surface area contributed by atoms with Gasteiger partial charge in [-0.1, -0.05) is 12.1 Å². The van der Waals surface area contributed by atoms with Gasteiger partial charge in [-0.05, 0) is 61.2 Å². The van der Waals surface area contributed by atoms with Crippen molar-refractivity contribution >= 4 is 5.91 Å². The molecule has 1 aliphatic carbocycles. The third kappa shape index (κ3) is 3.29. The maximum Gasteiger partial charge on any atom is 0.251 e. The molecule has 1 aromatic carbocycles. The number of allylic oxidation sites excluding steroid dienone is 3. The van der Waals surface area contributed by atoms with Crippen molar-refractivity contribution in [3.63, 3.8) is 0 Å². The Morgan fingerprint density at radius 1 is 1.19 bits per heavy atom. The SMILES string of the molecule is CCn1nccc1CNC(=O)c1ccc2c(c1)CCN(C1=CC=C1)CC2. The van der Waals surface area contributed by atoms with Crippen LogP contribution < -0.4 is 5.32 Å². The molecule has 0 atom stereocenters. The average Bonchev–Trinajstić information content (AvgIpc) is 2.98. The minimum Gasteiger partial charge on any atom is -0.371 e. The molecule has 0 spiro atoms. The lowest BCUT2D eigenvalue weighted by Gasteiger charge is -2.26. The predicted octanol–water partition coefficient (Wildman–Crippen LogP) is 2.69. The molecule has 1 aliphatic heterocycles. The number of hydrogen-bond donors (Lipinski definition) is 1. The van der Waals surface area contributed by atoms with Crippen molar-refractivity contribution in [3.05, 3.63) is 76.8 Å². The number of aryl methyl sites for hydroxylation is 1. The summed E-state index contributed by atoms with van der Waals surface area (Å²) in [6, 6.07) is 8.08. The van der Waals surface area contributed by atoms with Gasteiger partial charge in [0.1, 0.15) is 0 Å². The molecule has 2 heterocycles. The van der Waals surface area contributed by atoms with Crippen LogP contribution in [-0.4, -0.2) is 33.7 Å². The van der Waals surface area contributed by atoms with E-state index in [9.17, 15) is 4.79 Å². The summed E-state index contributed by atoms with van der Waals surface area (Å²) in [7, 11) is 0. The van der Waals surface area contributed by atoms with E-state index < -0.39 is 0 Å². The van der Waals surface area contributed by atoms with Gasteiger partial charge in [0, 0.05) is 37.1 Å². The van der Waals surface area contributed by atoms with Crippen LogP contribution in [0.2, 0.25) is 0 Å². The van der Waals surface area contributed by atoms with Crippen LogP contribution in [0.3, 0.4) is 0 Å². The van der Waals surface area contributed by atoms with E-state index in [-0.39, 0.29) is 5.91 Å². The molecule has 0 unspecified atom stereocenters. The normalized spacial score (nSPS) is 15.7. The molecule has 1 N–H and O–H groups in total. The Balaban J connectivity index is 1.42. The monoisotopic (exact) mass is 348 g/mol. The van der Waals surface area contributed by atoms with Crippen molar-refractivity contribution < 1.29 is 4.79 Å². The molecule has 134 valence electrons. The van der Waals surface area contributed by atoms with Crippen molar-refractivity contribution in [2.75, 3.05) is 13.1 Å². The minimum absolute atomic E-state index is 0.0256. The zero-order valence-corrected chi connectivity index (χ0v) is 15.1. The summed E-state index contributed by atoms with van der Waals surface area (Å²) in [6.45, 7) is 5.39. The van der Waals surface area contributed by atoms with E-state index >= 15 is 0 Å². The molecule has 2 aromatic rings. The Bertz CT molecular complexity index is 878. The molecular weight excluding hydrogens is 324 g/mol. The zero-order valence-electron chi connectivity index (χ0n) is 15.1. The van der Waals surface area contributed by atoms with Crippen molar-refractivity contribution in [2.24, 2.45) is 0 Å². The van der Waals surface area contributed by atoms with Crippen LogP contribution in [-0.2, 0) is 25.9 Å². The summed E-state index contributed by atoms with van der Waals surface area (Å²) >= 11 is 0. The van der Waals surface area contributed by atoms with Gasteiger partial charge in [0.05, 0.1) is 12.2 Å². The average molecular weight is 348 g/mol. The smallest absolute Gasteiger partial charge is 0.251 e. The Morgan fingerprint density at radius 2 is 2.00 bits per heavy atom. The van der Waals surface area contributed by atoms with Crippen LogP contribution >= 0.6 is 0 Å². The molecule has 1 aromatic heterocycles. The highest BCUT2D eigenvalue weighted by atomic mass is 16.1. The van der Waals surface area contributed by atoms with Crippen molar-refractivity contribution in [1.29, 1.82) is 0 Å². The Morgan fingerprint density at radius 3 is 2.73 bits per heavy atom. The number of carbonyl (C=O) groups excluding carboxylic acids is 1. The number of fused-ring (bicyclic) bond motifs is 1. The van der Waals surface area contributed by atoms with Gasteiger partial charge in [-0.15, -0.1) is 0 Å². The third-order valence-electron chi connectivity index (χ3n) is 5.20. The first-order valence-electron chi connectivity index (χ1n) is 9.28. The summed E-state index contributed by atoms with van der Waals surface area (Å²) in [5, 5.41) is 7.25. The second-order valence-corrected chi connectivity index (χ2v) is 6.74. The summed E-state index contributed by atoms with van der Waals surface area (Å²) < 4.78 is 1.90. The lowest BCUT2D eigenvalue weighted by atomic mass is 10.00. The largest absolute Gasteiger partial charge is 0.371 e. The lowest BCUT2D eigenvalue weighted by Crippen LogP contribution is -2.26. The molecule has 26 heavy (non-hydrogen) atoms. The van der Waals surface area contributed by atoms with Gasteiger partial charge < -0.3 is 10.2 Å². The lowest BCUT2D eigenvalue weighted by molar-refractivity contribution is 0.0950. The van der Waals surface area contributed by atoms with E-state index in [1.807, 2.05) is 23.7 Å². The molecule has 5 heteroatoms. The quantitative estimate of drug-likeness (QED) is 0.904. The Hall–Kier alpha value is -2.82. The van der Waals surface area contributed by atoms with E-state index in [2.05, 4.69) is 45.7 Å². The van der Waals surface area contributed by atoms with Gasteiger partial charge in [-0.2, -0.15) is 5.10 Å². The van der Waals surface area contributed by atoms with Gasteiger partial charge in [0.15, 0.2) is 0 Å². The van der Waals surface area contributed by atoms with Crippen LogP contribution in [0.25, 0.3) is 0 Å². The second kappa shape index (κ2) is 7.20. The zero-order chi connectivity index (χ0) is 17.9. The molecule has 0 bridgehead atoms. The van der Waals surface area contributed by atoms with Crippen LogP contribution in [0.15, 0.2) is 54.4 Å². The highest BCUT2D eigenvalue weighted by molar-refractivity contribution is 5.94. The van der Waals surface area contributed by atoms with Crippen LogP contribution in [0, 0.1) is 0 Å². The molecule has 0 saturated carbocycles. The number of carbonyl (C=O) groups is 1. The Labute approximate surface area is 154 Å². The maximum absolute atomic E-state index is 12.6. The second-order valence-electron chi connectivity index (χ2n) is 6.74. The first kappa shape index (κ1) is 16.6. The summed E-state index contributed by atoms with van der Waals surface area (Å²) in [6.07, 6.45) is 10.2. The first-order chi connectivity index (χ1) is 12.7. The third-order valence-corrected chi connectivity index (χ3v) is 5.20. The van der Waals surface area contributed by atoms with E-state index in [4.69, 9.17) is 0 Å². The number of nitrogens with zero attached hydrogens (tertiary/aromatic N) is 3. The van der Waals surface area contributed by atoms with E-state index in [1.165, 1.54) is 16.8 Å². The van der Waals surface area contributed by atoms with E-state index in [0.29, 0.717) is 6.54 Å². The fourth-order valence-corrected chi connectivity index (χ4v) is 3.59. The molecule has 4 rings (SSSR count). The fraction of sp³-hybridized carbons (Fsp3) is 0.333. The standard InChI is InChI=1S/C21H24N4O/c1-2-25-20(8-11-23-25)15-22-21(26)18-7-6-16-9-12-24(19-4-3-5-19)13-10-17(16)14-18/h3-8,11,14H,2,9-10,12-13,15H2,1H3,(H,22,26). The molecule has 1 amide bonds. The molecule has 2 aliphatic rings. The number of hydrogen-bond acceptors (Lipinski definition) is 3. The van der Waals surface area contributed by atoms with Gasteiger partial charge in [-0.25, -0.2) is 0 Å². The number of rotatable bonds is 5. The molecule has 0 radical (unpaired) electrons. The Kier molecular flexibility index (Phi) is 4.61. The van der Waals surface area contributed by atoms with Crippen molar-refractivity contribution in [3.8, 4) is 0 Å². The van der Waals surface area contributed by atoms with Gasteiger partial charge in [0.25, 0.3) is 5.91 Å². The number of amides is 1. The minimum atomic E-state index is -0.0256. The van der Waals surface area contributed by atoms with E-state index in [0.717, 1.165) is 43.7 Å². The van der Waals surface area contributed by atoms with Crippen LogP contribution in [0.1, 0.15) is 34.1 Å². The summed E-state index contributed by atoms with van der Waals surface area (Å²) in [4.78, 5) is 15.0. The molecular formula is C21H24N4O. The van der Waals surface area contributed by atoms with Crippen LogP contribution in [0.4, 0.5) is 0 Å². The number of aromatic nitrogens is 2. The van der Waals surface area contributed by atoms with Gasteiger partial charge in [0.2, 0.25) is 0 Å². The fourth-order valence-electron chi connectivity index (χ4n) is 3.59. The van der Waals surface area contributed by atoms with Crippen molar-refractivity contribution in [1.82, 2.24) is 20.0 Å². The number of nitrogens with one attached hydrogen (secondary N) is 1. The summed E-state index contributed by atoms with van der Waals surface area (Å²) in [5.41, 5.74) is 5.73. The number of benzene rings is 1. The highest BCUT2D eigenvalue weighted by Crippen LogP contribution is 2.22. The van der Waals surface area contributed by atoms with Gasteiger partial charge in [-0.3, -0.25) is 9.48 Å². The first-order valence-corrected chi connectivity index (χ1v) is 9.28. The molecule has 0 saturated heterocycles. The summed E-state index contributed by atoms with van der Waals surface area (Å²) in [5.74, 6) is -0.0256. The molecule has 5 nitrogen and oxygen atoms in total. The predicted molar refractivity (Wildman–Crippen MR) is 102 cm³/mol. The highest BCUT2D eigenvalue weighted by Gasteiger charge is 2.18. The van der Waals surface area contributed by atoms with E-state index in [1.54, 1.807) is 6.20 Å². The van der Waals surface area contributed by atoms with Gasteiger partial charge >= 0.3 is 0 Å².